The summed E-state index contributed by atoms with van der Waals surface area (Å²) in [5, 5.41) is 11.9. The summed E-state index contributed by atoms with van der Waals surface area (Å²) in [4.78, 5) is 0. The molecule has 1 N–H and O–H groups in total. The van der Waals surface area contributed by atoms with Crippen LogP contribution < -0.4 is 0 Å². The average molecular weight is 475 g/mol. The zero-order valence-corrected chi connectivity index (χ0v) is 23.3. The van der Waals surface area contributed by atoms with E-state index in [4.69, 9.17) is 0 Å². The highest BCUT2D eigenvalue weighted by Crippen LogP contribution is 2.65. The molecule has 0 spiro atoms. The van der Waals surface area contributed by atoms with Crippen LogP contribution in [0.2, 0.25) is 0 Å². The molecule has 0 saturated heterocycles. The number of hydrogen-bond acceptors (Lipinski definition) is 1. The van der Waals surface area contributed by atoms with Crippen molar-refractivity contribution in [2.45, 2.75) is 134 Å². The van der Waals surface area contributed by atoms with Crippen molar-refractivity contribution >= 4 is 0 Å². The molecule has 0 amide bonds. The fourth-order valence-corrected chi connectivity index (χ4v) is 12.3. The lowest BCUT2D eigenvalue weighted by atomic mass is 9.46. The van der Waals surface area contributed by atoms with Gasteiger partial charge >= 0.3 is 0 Å². The van der Waals surface area contributed by atoms with E-state index in [0.717, 1.165) is 35.5 Å². The molecule has 1 heteroatoms. The van der Waals surface area contributed by atoms with Crippen molar-refractivity contribution in [1.82, 2.24) is 0 Å². The fraction of sp³-hybridized carbons (Fsp3) is 0.824. The summed E-state index contributed by atoms with van der Waals surface area (Å²) in [6, 6.07) is 5.00. The summed E-state index contributed by atoms with van der Waals surface area (Å²) in [6.45, 7) is 12.3. The number of benzene rings is 1. The zero-order valence-electron chi connectivity index (χ0n) is 23.3. The summed E-state index contributed by atoms with van der Waals surface area (Å²) in [5.41, 5.74) is 5.57. The van der Waals surface area contributed by atoms with Crippen LogP contribution >= 0.6 is 0 Å². The third-order valence-electron chi connectivity index (χ3n) is 12.1. The minimum Gasteiger partial charge on any atom is -0.508 e. The van der Waals surface area contributed by atoms with E-state index in [1.54, 1.807) is 11.1 Å². The van der Waals surface area contributed by atoms with Gasteiger partial charge in [0, 0.05) is 5.56 Å². The molecule has 0 aliphatic heterocycles. The fourth-order valence-electron chi connectivity index (χ4n) is 12.3. The van der Waals surface area contributed by atoms with E-state index in [1.165, 1.54) is 89.0 Å². The number of phenols is 1. The van der Waals surface area contributed by atoms with E-state index in [9.17, 15) is 5.11 Å². The van der Waals surface area contributed by atoms with Crippen LogP contribution in [-0.2, 0) is 16.2 Å². The molecule has 1 aromatic rings. The van der Waals surface area contributed by atoms with Gasteiger partial charge in [0.25, 0.3) is 0 Å². The van der Waals surface area contributed by atoms with Gasteiger partial charge in [-0.15, -0.1) is 0 Å². The van der Waals surface area contributed by atoms with Gasteiger partial charge in [-0.3, -0.25) is 0 Å². The highest BCUT2D eigenvalue weighted by molar-refractivity contribution is 5.52. The minimum atomic E-state index is 0.127. The van der Waals surface area contributed by atoms with E-state index in [-0.39, 0.29) is 10.8 Å². The third kappa shape index (κ3) is 3.67. The summed E-state index contributed by atoms with van der Waals surface area (Å²) in [6.07, 6.45) is 18.2. The monoisotopic (exact) mass is 474 g/mol. The second-order valence-electron chi connectivity index (χ2n) is 16.9. The number of hydrogen-bond donors (Lipinski definition) is 1. The smallest absolute Gasteiger partial charge is 0.119 e. The van der Waals surface area contributed by atoms with Crippen molar-refractivity contribution in [1.29, 1.82) is 0 Å². The molecule has 192 valence electrons. The van der Waals surface area contributed by atoms with E-state index in [2.05, 4.69) is 46.8 Å². The molecule has 0 aromatic heterocycles. The van der Waals surface area contributed by atoms with Gasteiger partial charge in [0.1, 0.15) is 5.75 Å². The Bertz CT molecular complexity index is 949. The molecule has 0 radical (unpaired) electrons. The van der Waals surface area contributed by atoms with Crippen molar-refractivity contribution in [2.24, 2.45) is 40.9 Å². The maximum Gasteiger partial charge on any atom is 0.119 e. The van der Waals surface area contributed by atoms with E-state index < -0.39 is 0 Å². The molecule has 8 bridgehead atoms. The summed E-state index contributed by atoms with van der Waals surface area (Å²) in [5.74, 6) is 6.21. The third-order valence-corrected chi connectivity index (χ3v) is 12.1. The Labute approximate surface area is 214 Å². The predicted molar refractivity (Wildman–Crippen MR) is 145 cm³/mol. The molecule has 0 atom stereocenters. The molecule has 1 nitrogen and oxygen atoms in total. The summed E-state index contributed by atoms with van der Waals surface area (Å²) >= 11 is 0. The normalized spacial score (nSPS) is 43.8. The van der Waals surface area contributed by atoms with Crippen LogP contribution in [0.4, 0.5) is 0 Å². The first-order valence-corrected chi connectivity index (χ1v) is 15.3. The lowest BCUT2D eigenvalue weighted by Crippen LogP contribution is -2.50. The highest BCUT2D eigenvalue weighted by Gasteiger charge is 2.55. The zero-order chi connectivity index (χ0) is 24.4. The van der Waals surface area contributed by atoms with Crippen molar-refractivity contribution < 1.29 is 5.11 Å². The first kappa shape index (κ1) is 23.2. The molecule has 1 aromatic carbocycles. The maximum absolute atomic E-state index is 11.9. The van der Waals surface area contributed by atoms with Gasteiger partial charge in [-0.1, -0.05) is 40.7 Å². The van der Waals surface area contributed by atoms with Crippen molar-refractivity contribution in [3.63, 3.8) is 0 Å². The Balaban J connectivity index is 1.38. The largest absolute Gasteiger partial charge is 0.508 e. The quantitative estimate of drug-likeness (QED) is 0.461. The topological polar surface area (TPSA) is 20.2 Å². The Morgan fingerprint density at radius 1 is 0.629 bits per heavy atom. The van der Waals surface area contributed by atoms with Crippen molar-refractivity contribution in [2.75, 3.05) is 0 Å². The molecule has 8 fully saturated rings. The second kappa shape index (κ2) is 7.32. The van der Waals surface area contributed by atoms with E-state index in [0.29, 0.717) is 16.6 Å². The molecule has 9 rings (SSSR count). The molecule has 0 unspecified atom stereocenters. The first-order valence-electron chi connectivity index (χ1n) is 15.3. The minimum absolute atomic E-state index is 0.127. The van der Waals surface area contributed by atoms with Crippen molar-refractivity contribution in [3.05, 3.63) is 28.8 Å². The van der Waals surface area contributed by atoms with Gasteiger partial charge in [0.15, 0.2) is 0 Å². The van der Waals surface area contributed by atoms with Crippen LogP contribution in [0.3, 0.4) is 0 Å². The van der Waals surface area contributed by atoms with Crippen LogP contribution in [0.25, 0.3) is 0 Å². The van der Waals surface area contributed by atoms with E-state index >= 15 is 0 Å². The Morgan fingerprint density at radius 3 is 1.37 bits per heavy atom. The predicted octanol–water partition coefficient (Wildman–Crippen LogP) is 9.04. The molecular weight excluding hydrogens is 424 g/mol. The number of phenolic OH excluding ortho intramolecular Hbond substituents is 1. The molecule has 8 saturated carbocycles. The highest BCUT2D eigenvalue weighted by atomic mass is 16.3. The van der Waals surface area contributed by atoms with Crippen molar-refractivity contribution in [3.8, 4) is 5.75 Å². The lowest BCUT2D eigenvalue weighted by molar-refractivity contribution is -0.00846. The van der Waals surface area contributed by atoms with Crippen LogP contribution in [-0.4, -0.2) is 5.11 Å². The second-order valence-corrected chi connectivity index (χ2v) is 16.9. The molecule has 0 heterocycles. The van der Waals surface area contributed by atoms with Gasteiger partial charge < -0.3 is 5.11 Å². The van der Waals surface area contributed by atoms with Gasteiger partial charge in [-0.25, -0.2) is 0 Å². The molecule has 8 aliphatic carbocycles. The van der Waals surface area contributed by atoms with Gasteiger partial charge in [0.2, 0.25) is 0 Å². The van der Waals surface area contributed by atoms with Crippen LogP contribution in [0.1, 0.15) is 135 Å². The SMILES string of the molecule is CC(C)(C)CC(C)(C)c1cc(C23CC4CC(CC(C4)C2)C3)c(O)cc1C12CC3CC(CC(C3)C1)C2. The van der Waals surface area contributed by atoms with Gasteiger partial charge in [-0.2, -0.15) is 0 Å². The van der Waals surface area contributed by atoms with Crippen LogP contribution in [0.5, 0.6) is 5.75 Å². The molecular formula is C34H50O. The summed E-state index contributed by atoms with van der Waals surface area (Å²) in [7, 11) is 0. The van der Waals surface area contributed by atoms with E-state index in [1.807, 2.05) is 0 Å². The Hall–Kier alpha value is -0.980. The summed E-state index contributed by atoms with van der Waals surface area (Å²) < 4.78 is 0. The molecule has 8 aliphatic rings. The number of aromatic hydroxyl groups is 1. The van der Waals surface area contributed by atoms with Crippen LogP contribution in [0.15, 0.2) is 12.1 Å². The standard InChI is InChI=1S/C34H50O/c1-31(2,3)20-32(4,5)27-12-29(34-17-24-9-25(18-34)11-26(10-24)19-34)30(35)13-28(27)33-14-21-6-22(15-33)8-23(7-21)16-33/h12-13,21-26,35H,6-11,14-20H2,1-5H3. The van der Waals surface area contributed by atoms with Gasteiger partial charge in [0.05, 0.1) is 0 Å². The Morgan fingerprint density at radius 2 is 1.00 bits per heavy atom. The molecule has 35 heavy (non-hydrogen) atoms. The maximum atomic E-state index is 11.9. The van der Waals surface area contributed by atoms with Crippen LogP contribution in [0, 0.1) is 40.9 Å². The average Bonchev–Trinajstić information content (AvgIpc) is 2.69. The first-order chi connectivity index (χ1) is 16.4. The number of rotatable bonds is 4. The lowest BCUT2D eigenvalue weighted by Gasteiger charge is -2.59. The van der Waals surface area contributed by atoms with Gasteiger partial charge in [-0.05, 0) is 158 Å². The Kier molecular flexibility index (Phi) is 4.84.